The van der Waals surface area contributed by atoms with Gasteiger partial charge >= 0.3 is 0 Å². The van der Waals surface area contributed by atoms with Crippen LogP contribution in [0.5, 0.6) is 11.5 Å². The second-order valence-electron chi connectivity index (χ2n) is 4.91. The first-order chi connectivity index (χ1) is 11.0. The molecule has 1 N–H and O–H groups in total. The van der Waals surface area contributed by atoms with E-state index in [1.54, 1.807) is 12.1 Å². The van der Waals surface area contributed by atoms with E-state index >= 15 is 0 Å². The summed E-state index contributed by atoms with van der Waals surface area (Å²) in [7, 11) is 1.91. The van der Waals surface area contributed by atoms with E-state index in [0.717, 1.165) is 22.1 Å². The molecule has 0 aliphatic carbocycles. The molecule has 3 nitrogen and oxygen atoms in total. The lowest BCUT2D eigenvalue weighted by Gasteiger charge is -2.15. The van der Waals surface area contributed by atoms with Crippen molar-refractivity contribution in [3.8, 4) is 11.5 Å². The highest BCUT2D eigenvalue weighted by Crippen LogP contribution is 2.37. The van der Waals surface area contributed by atoms with Crippen molar-refractivity contribution in [3.05, 3.63) is 56.0 Å². The van der Waals surface area contributed by atoms with Gasteiger partial charge in [-0.1, -0.05) is 29.3 Å². The van der Waals surface area contributed by atoms with Gasteiger partial charge in [0.05, 0.1) is 21.1 Å². The summed E-state index contributed by atoms with van der Waals surface area (Å²) < 4.78 is 12.5. The van der Waals surface area contributed by atoms with Crippen LogP contribution in [0.1, 0.15) is 18.1 Å². The van der Waals surface area contributed by atoms with Gasteiger partial charge in [-0.25, -0.2) is 0 Å². The highest BCUT2D eigenvalue weighted by atomic mass is 79.9. The fraction of sp³-hybridized carbons (Fsp3) is 0.294. The van der Waals surface area contributed by atoms with Gasteiger partial charge in [0.1, 0.15) is 6.61 Å². The summed E-state index contributed by atoms with van der Waals surface area (Å²) in [5, 5.41) is 4.17. The molecule has 2 rings (SSSR count). The summed E-state index contributed by atoms with van der Waals surface area (Å²) in [5.41, 5.74) is 2.05. The highest BCUT2D eigenvalue weighted by Gasteiger charge is 2.13. The Labute approximate surface area is 155 Å². The SMILES string of the molecule is CCOc1cc(CNC)cc(Br)c1OCc1ccc(Cl)c(Cl)c1. The van der Waals surface area contributed by atoms with E-state index in [-0.39, 0.29) is 0 Å². The number of rotatable bonds is 7. The van der Waals surface area contributed by atoms with E-state index < -0.39 is 0 Å². The zero-order valence-electron chi connectivity index (χ0n) is 13.0. The molecule has 2 aromatic rings. The summed E-state index contributed by atoms with van der Waals surface area (Å²) in [6.45, 7) is 3.65. The predicted molar refractivity (Wildman–Crippen MR) is 98.9 cm³/mol. The van der Waals surface area contributed by atoms with E-state index in [0.29, 0.717) is 34.8 Å². The minimum absolute atomic E-state index is 0.376. The zero-order chi connectivity index (χ0) is 16.8. The standard InChI is InChI=1S/C17H18BrCl2NO2/c1-3-22-16-8-12(9-21-2)6-13(18)17(16)23-10-11-4-5-14(19)15(20)7-11/h4-8,21H,3,9-10H2,1-2H3. The Balaban J connectivity index is 2.21. The normalized spacial score (nSPS) is 10.7. The quantitative estimate of drug-likeness (QED) is 0.648. The van der Waals surface area contributed by atoms with Gasteiger partial charge < -0.3 is 14.8 Å². The van der Waals surface area contributed by atoms with Gasteiger partial charge in [-0.2, -0.15) is 0 Å². The van der Waals surface area contributed by atoms with Crippen molar-refractivity contribution in [2.75, 3.05) is 13.7 Å². The minimum Gasteiger partial charge on any atom is -0.490 e. The highest BCUT2D eigenvalue weighted by molar-refractivity contribution is 9.10. The molecule has 0 saturated heterocycles. The lowest BCUT2D eigenvalue weighted by Crippen LogP contribution is -2.07. The molecular formula is C17H18BrCl2NO2. The Kier molecular flexibility index (Phi) is 7.03. The molecule has 0 atom stereocenters. The van der Waals surface area contributed by atoms with Gasteiger partial charge in [0.25, 0.3) is 0 Å². The molecule has 0 spiro atoms. The van der Waals surface area contributed by atoms with Crippen molar-refractivity contribution < 1.29 is 9.47 Å². The third-order valence-corrected chi connectivity index (χ3v) is 4.45. The summed E-state index contributed by atoms with van der Waals surface area (Å²) >= 11 is 15.5. The fourth-order valence-corrected chi connectivity index (χ4v) is 3.04. The van der Waals surface area contributed by atoms with Crippen molar-refractivity contribution in [2.24, 2.45) is 0 Å². The van der Waals surface area contributed by atoms with Gasteiger partial charge in [-0.15, -0.1) is 0 Å². The summed E-state index contributed by atoms with van der Waals surface area (Å²) in [6.07, 6.45) is 0. The smallest absolute Gasteiger partial charge is 0.175 e. The van der Waals surface area contributed by atoms with Crippen LogP contribution in [0.15, 0.2) is 34.8 Å². The number of benzene rings is 2. The molecule has 124 valence electrons. The zero-order valence-corrected chi connectivity index (χ0v) is 16.1. The molecule has 0 radical (unpaired) electrons. The van der Waals surface area contributed by atoms with Crippen LogP contribution in [0, 0.1) is 0 Å². The van der Waals surface area contributed by atoms with Crippen LogP contribution >= 0.6 is 39.1 Å². The number of halogens is 3. The summed E-state index contributed by atoms with van der Waals surface area (Å²) in [5.74, 6) is 1.39. The van der Waals surface area contributed by atoms with E-state index in [1.807, 2.05) is 32.2 Å². The van der Waals surface area contributed by atoms with Crippen molar-refractivity contribution in [3.63, 3.8) is 0 Å². The maximum Gasteiger partial charge on any atom is 0.175 e. The van der Waals surface area contributed by atoms with E-state index in [4.69, 9.17) is 32.7 Å². The number of hydrogen-bond donors (Lipinski definition) is 1. The van der Waals surface area contributed by atoms with Crippen LogP contribution in [0.2, 0.25) is 10.0 Å². The van der Waals surface area contributed by atoms with Crippen LogP contribution in [0.3, 0.4) is 0 Å². The third-order valence-electron chi connectivity index (χ3n) is 3.12. The maximum atomic E-state index is 6.03. The van der Waals surface area contributed by atoms with Crippen LogP contribution in [0.4, 0.5) is 0 Å². The molecule has 0 unspecified atom stereocenters. The molecule has 0 aliphatic heterocycles. The largest absolute Gasteiger partial charge is 0.490 e. The Morgan fingerprint density at radius 1 is 1.04 bits per heavy atom. The second kappa shape index (κ2) is 8.78. The maximum absolute atomic E-state index is 6.03. The molecule has 0 saturated carbocycles. The van der Waals surface area contributed by atoms with Gasteiger partial charge in [0, 0.05) is 6.54 Å². The average Bonchev–Trinajstić information content (AvgIpc) is 2.50. The molecular weight excluding hydrogens is 401 g/mol. The van der Waals surface area contributed by atoms with Gasteiger partial charge in [-0.3, -0.25) is 0 Å². The van der Waals surface area contributed by atoms with E-state index in [2.05, 4.69) is 21.2 Å². The summed E-state index contributed by atoms with van der Waals surface area (Å²) in [4.78, 5) is 0. The Hall–Kier alpha value is -0.940. The molecule has 0 amide bonds. The van der Waals surface area contributed by atoms with Crippen molar-refractivity contribution in [1.29, 1.82) is 0 Å². The first-order valence-corrected chi connectivity index (χ1v) is 8.76. The van der Waals surface area contributed by atoms with E-state index in [1.165, 1.54) is 0 Å². The lowest BCUT2D eigenvalue weighted by atomic mass is 10.2. The fourth-order valence-electron chi connectivity index (χ4n) is 2.12. The molecule has 0 aliphatic rings. The van der Waals surface area contributed by atoms with Crippen LogP contribution in [-0.4, -0.2) is 13.7 Å². The first kappa shape index (κ1) is 18.4. The molecule has 23 heavy (non-hydrogen) atoms. The summed E-state index contributed by atoms with van der Waals surface area (Å²) in [6, 6.07) is 9.45. The van der Waals surface area contributed by atoms with Crippen molar-refractivity contribution in [1.82, 2.24) is 5.32 Å². The van der Waals surface area contributed by atoms with Crippen LogP contribution in [-0.2, 0) is 13.2 Å². The number of ether oxygens (including phenoxy) is 2. The predicted octanol–water partition coefficient (Wildman–Crippen LogP) is 5.45. The van der Waals surface area contributed by atoms with Crippen LogP contribution in [0.25, 0.3) is 0 Å². The third kappa shape index (κ3) is 5.01. The topological polar surface area (TPSA) is 30.5 Å². The Morgan fingerprint density at radius 2 is 1.83 bits per heavy atom. The molecule has 0 bridgehead atoms. The number of nitrogens with one attached hydrogen (secondary N) is 1. The van der Waals surface area contributed by atoms with Gasteiger partial charge in [-0.05, 0) is 65.3 Å². The monoisotopic (exact) mass is 417 g/mol. The Morgan fingerprint density at radius 3 is 2.48 bits per heavy atom. The van der Waals surface area contributed by atoms with Gasteiger partial charge in [0.2, 0.25) is 0 Å². The van der Waals surface area contributed by atoms with Crippen molar-refractivity contribution >= 4 is 39.1 Å². The molecule has 6 heteroatoms. The lowest BCUT2D eigenvalue weighted by molar-refractivity contribution is 0.267. The average molecular weight is 419 g/mol. The van der Waals surface area contributed by atoms with Crippen molar-refractivity contribution in [2.45, 2.75) is 20.1 Å². The first-order valence-electron chi connectivity index (χ1n) is 7.21. The number of hydrogen-bond acceptors (Lipinski definition) is 3. The molecule has 2 aromatic carbocycles. The molecule has 0 aromatic heterocycles. The minimum atomic E-state index is 0.376. The van der Waals surface area contributed by atoms with Crippen LogP contribution < -0.4 is 14.8 Å². The van der Waals surface area contributed by atoms with E-state index in [9.17, 15) is 0 Å². The molecule has 0 heterocycles. The second-order valence-corrected chi connectivity index (χ2v) is 6.57. The Bertz CT molecular complexity index is 680. The van der Waals surface area contributed by atoms with Gasteiger partial charge in [0.15, 0.2) is 11.5 Å². The molecule has 0 fully saturated rings.